The van der Waals surface area contributed by atoms with Crippen molar-refractivity contribution in [2.45, 2.75) is 38.8 Å². The van der Waals surface area contributed by atoms with Gasteiger partial charge in [0.2, 0.25) is 0 Å². The molecular weight excluding hydrogens is 426 g/mol. The fourth-order valence-corrected chi connectivity index (χ4v) is 4.96. The van der Waals surface area contributed by atoms with Crippen LogP contribution in [-0.4, -0.2) is 40.9 Å². The molecule has 0 saturated carbocycles. The van der Waals surface area contributed by atoms with Crippen molar-refractivity contribution in [3.63, 3.8) is 0 Å². The first-order valence-electron chi connectivity index (χ1n) is 12.0. The molecular formula is C29H31NO4. The van der Waals surface area contributed by atoms with Gasteiger partial charge in [-0.2, -0.15) is 0 Å². The first kappa shape index (κ1) is 22.4. The molecule has 0 unspecified atom stereocenters. The van der Waals surface area contributed by atoms with Gasteiger partial charge in [-0.1, -0.05) is 24.3 Å². The molecule has 0 amide bonds. The average molecular weight is 458 g/mol. The molecule has 2 aliphatic rings. The van der Waals surface area contributed by atoms with Crippen molar-refractivity contribution >= 4 is 11.1 Å². The summed E-state index contributed by atoms with van der Waals surface area (Å²) < 4.78 is 12.5. The summed E-state index contributed by atoms with van der Waals surface area (Å²) in [6.07, 6.45) is 2.20. The van der Waals surface area contributed by atoms with Crippen molar-refractivity contribution < 1.29 is 19.7 Å². The van der Waals surface area contributed by atoms with E-state index in [2.05, 4.69) is 11.8 Å². The Labute approximate surface area is 200 Å². The summed E-state index contributed by atoms with van der Waals surface area (Å²) in [5, 5.41) is 20.2. The van der Waals surface area contributed by atoms with Crippen molar-refractivity contribution in [2.75, 3.05) is 19.7 Å². The molecule has 1 fully saturated rings. The lowest BCUT2D eigenvalue weighted by Crippen LogP contribution is -2.34. The third-order valence-corrected chi connectivity index (χ3v) is 6.87. The van der Waals surface area contributed by atoms with Crippen LogP contribution in [0.25, 0.3) is 11.1 Å². The van der Waals surface area contributed by atoms with Gasteiger partial charge in [0.15, 0.2) is 0 Å². The van der Waals surface area contributed by atoms with Gasteiger partial charge in [0, 0.05) is 17.2 Å². The molecule has 5 rings (SSSR count). The molecule has 176 valence electrons. The molecule has 5 heteroatoms. The summed E-state index contributed by atoms with van der Waals surface area (Å²) in [6, 6.07) is 20.9. The van der Waals surface area contributed by atoms with E-state index in [-0.39, 0.29) is 17.6 Å². The molecule has 2 heterocycles. The zero-order chi connectivity index (χ0) is 23.7. The van der Waals surface area contributed by atoms with Crippen LogP contribution in [0, 0.1) is 0 Å². The number of phenolic OH excluding ortho intramolecular Hbond substituents is 2. The predicted molar refractivity (Wildman–Crippen MR) is 134 cm³/mol. The van der Waals surface area contributed by atoms with Gasteiger partial charge in [-0.3, -0.25) is 4.90 Å². The molecule has 2 N–H and O–H groups in total. The molecule has 0 bridgehead atoms. The third kappa shape index (κ3) is 4.48. The number of fused-ring (bicyclic) bond motifs is 1. The van der Waals surface area contributed by atoms with E-state index in [9.17, 15) is 10.2 Å². The van der Waals surface area contributed by atoms with E-state index in [4.69, 9.17) is 9.47 Å². The van der Waals surface area contributed by atoms with Gasteiger partial charge in [0.05, 0.1) is 0 Å². The lowest BCUT2D eigenvalue weighted by atomic mass is 9.86. The third-order valence-electron chi connectivity index (χ3n) is 6.87. The molecule has 3 aromatic rings. The summed E-state index contributed by atoms with van der Waals surface area (Å²) in [6.45, 7) is 7.24. The van der Waals surface area contributed by atoms with E-state index in [1.807, 2.05) is 43.3 Å². The number of nitrogens with zero attached hydrogens (tertiary/aromatic N) is 1. The second-order valence-corrected chi connectivity index (χ2v) is 9.24. The van der Waals surface area contributed by atoms with Gasteiger partial charge in [-0.05, 0) is 98.9 Å². The molecule has 34 heavy (non-hydrogen) atoms. The monoisotopic (exact) mass is 457 g/mol. The number of benzene rings is 3. The van der Waals surface area contributed by atoms with Crippen molar-refractivity contribution in [1.82, 2.24) is 4.90 Å². The molecule has 2 aliphatic heterocycles. The van der Waals surface area contributed by atoms with Crippen molar-refractivity contribution in [2.24, 2.45) is 0 Å². The van der Waals surface area contributed by atoms with Crippen LogP contribution in [0.4, 0.5) is 0 Å². The Balaban J connectivity index is 1.43. The number of hydrogen-bond acceptors (Lipinski definition) is 5. The lowest BCUT2D eigenvalue weighted by Gasteiger charge is -2.31. The number of allylic oxidation sites excluding steroid dienone is 1. The highest BCUT2D eigenvalue weighted by Crippen LogP contribution is 2.47. The largest absolute Gasteiger partial charge is 0.508 e. The van der Waals surface area contributed by atoms with Crippen LogP contribution < -0.4 is 9.47 Å². The highest BCUT2D eigenvalue weighted by molar-refractivity contribution is 5.95. The maximum Gasteiger partial charge on any atom is 0.150 e. The molecule has 0 aliphatic carbocycles. The van der Waals surface area contributed by atoms with Crippen LogP contribution in [0.5, 0.6) is 23.0 Å². The molecule has 2 atom stereocenters. The molecule has 5 nitrogen and oxygen atoms in total. The topological polar surface area (TPSA) is 62.2 Å². The van der Waals surface area contributed by atoms with Crippen LogP contribution >= 0.6 is 0 Å². The minimum Gasteiger partial charge on any atom is -0.508 e. The van der Waals surface area contributed by atoms with Crippen molar-refractivity contribution in [3.05, 3.63) is 83.4 Å². The van der Waals surface area contributed by atoms with Gasteiger partial charge in [0.1, 0.15) is 35.7 Å². The SMILES string of the molecule is CC1=C(c2cccc(O)c2)[C@@H](c2ccc(OC[C@H](C)N3CCCC3)cc2)Oc2ccc(O)cc21. The summed E-state index contributed by atoms with van der Waals surface area (Å²) in [5.41, 5.74) is 4.70. The van der Waals surface area contributed by atoms with Crippen LogP contribution in [0.15, 0.2) is 66.7 Å². The summed E-state index contributed by atoms with van der Waals surface area (Å²) in [5.74, 6) is 1.97. The minimum absolute atomic E-state index is 0.195. The predicted octanol–water partition coefficient (Wildman–Crippen LogP) is 6.03. The summed E-state index contributed by atoms with van der Waals surface area (Å²) in [4.78, 5) is 2.48. The average Bonchev–Trinajstić information content (AvgIpc) is 3.38. The fourth-order valence-electron chi connectivity index (χ4n) is 4.96. The number of aromatic hydroxyl groups is 2. The number of likely N-dealkylation sites (tertiary alicyclic amines) is 1. The van der Waals surface area contributed by atoms with E-state index in [0.717, 1.165) is 52.4 Å². The molecule has 0 radical (unpaired) electrons. The molecule has 3 aromatic carbocycles. The number of hydrogen-bond donors (Lipinski definition) is 2. The highest BCUT2D eigenvalue weighted by atomic mass is 16.5. The van der Waals surface area contributed by atoms with Crippen LogP contribution in [0.3, 0.4) is 0 Å². The second kappa shape index (κ2) is 9.43. The van der Waals surface area contributed by atoms with E-state index in [1.54, 1.807) is 30.3 Å². The van der Waals surface area contributed by atoms with Gasteiger partial charge in [0.25, 0.3) is 0 Å². The highest BCUT2D eigenvalue weighted by Gasteiger charge is 2.29. The Kier molecular flexibility index (Phi) is 6.20. The van der Waals surface area contributed by atoms with Gasteiger partial charge < -0.3 is 19.7 Å². The molecule has 0 aromatic heterocycles. The number of rotatable bonds is 6. The quantitative estimate of drug-likeness (QED) is 0.474. The van der Waals surface area contributed by atoms with Gasteiger partial charge in [-0.25, -0.2) is 0 Å². The van der Waals surface area contributed by atoms with Crippen molar-refractivity contribution in [3.8, 4) is 23.0 Å². The number of phenols is 2. The zero-order valence-electron chi connectivity index (χ0n) is 19.7. The molecule has 1 saturated heterocycles. The Morgan fingerprint density at radius 2 is 1.71 bits per heavy atom. The Hall–Kier alpha value is -3.44. The first-order valence-corrected chi connectivity index (χ1v) is 12.0. The first-order chi connectivity index (χ1) is 16.5. The zero-order valence-corrected chi connectivity index (χ0v) is 19.7. The Morgan fingerprint density at radius 3 is 2.44 bits per heavy atom. The Bertz CT molecular complexity index is 1200. The van der Waals surface area contributed by atoms with Crippen LogP contribution in [0.2, 0.25) is 0 Å². The molecule has 0 spiro atoms. The maximum atomic E-state index is 10.1. The van der Waals surface area contributed by atoms with Gasteiger partial charge >= 0.3 is 0 Å². The van der Waals surface area contributed by atoms with E-state index < -0.39 is 0 Å². The van der Waals surface area contributed by atoms with E-state index in [1.165, 1.54) is 12.8 Å². The summed E-state index contributed by atoms with van der Waals surface area (Å²) in [7, 11) is 0. The van der Waals surface area contributed by atoms with E-state index >= 15 is 0 Å². The minimum atomic E-state index is -0.351. The van der Waals surface area contributed by atoms with Gasteiger partial charge in [-0.15, -0.1) is 0 Å². The van der Waals surface area contributed by atoms with Crippen LogP contribution in [0.1, 0.15) is 49.5 Å². The number of ether oxygens (including phenoxy) is 2. The fraction of sp³-hybridized carbons (Fsp3) is 0.310. The smallest absolute Gasteiger partial charge is 0.150 e. The van der Waals surface area contributed by atoms with Crippen LogP contribution in [-0.2, 0) is 0 Å². The summed E-state index contributed by atoms with van der Waals surface area (Å²) >= 11 is 0. The van der Waals surface area contributed by atoms with Crippen molar-refractivity contribution in [1.29, 1.82) is 0 Å². The lowest BCUT2D eigenvalue weighted by molar-refractivity contribution is 0.172. The standard InChI is InChI=1S/C29H31NO4/c1-19(30-14-3-4-15-30)18-33-25-11-8-21(9-12-25)29-28(22-6-5-7-23(31)16-22)20(2)26-17-24(32)10-13-27(26)34-29/h5-13,16-17,19,29,31-32H,3-4,14-15,18H2,1-2H3/t19-,29+/m0/s1. The Morgan fingerprint density at radius 1 is 0.971 bits per heavy atom. The second-order valence-electron chi connectivity index (χ2n) is 9.24. The van der Waals surface area contributed by atoms with E-state index in [0.29, 0.717) is 12.6 Å². The normalized spacial score (nSPS) is 18.9. The maximum absolute atomic E-state index is 10.1.